The van der Waals surface area contributed by atoms with E-state index in [1.807, 2.05) is 55.5 Å². The lowest BCUT2D eigenvalue weighted by atomic mass is 9.95. The van der Waals surface area contributed by atoms with Gasteiger partial charge in [0, 0.05) is 17.8 Å². The third-order valence-corrected chi connectivity index (χ3v) is 6.93. The maximum atomic E-state index is 12.7. The van der Waals surface area contributed by atoms with Crippen LogP contribution in [0, 0.1) is 0 Å². The van der Waals surface area contributed by atoms with Crippen LogP contribution in [-0.2, 0) is 11.3 Å². The Morgan fingerprint density at radius 1 is 1.11 bits per heavy atom. The molecule has 186 valence electrons. The number of thioether (sulfide) groups is 1. The SMILES string of the molecule is CCOc1ccccc1NC(=O)CSc1nnc(CNc2cccc(OC)c2)n1C1CCCCC1. The van der Waals surface area contributed by atoms with Gasteiger partial charge in [-0.2, -0.15) is 0 Å². The second kappa shape index (κ2) is 12.5. The van der Waals surface area contributed by atoms with E-state index in [0.29, 0.717) is 30.6 Å². The molecule has 0 spiro atoms. The molecule has 35 heavy (non-hydrogen) atoms. The Hall–Kier alpha value is -3.20. The van der Waals surface area contributed by atoms with Crippen molar-refractivity contribution >= 4 is 29.0 Å². The fraction of sp³-hybridized carbons (Fsp3) is 0.423. The topological polar surface area (TPSA) is 90.3 Å². The van der Waals surface area contributed by atoms with E-state index in [1.165, 1.54) is 31.0 Å². The van der Waals surface area contributed by atoms with Crippen molar-refractivity contribution in [3.63, 3.8) is 0 Å². The van der Waals surface area contributed by atoms with Gasteiger partial charge in [-0.25, -0.2) is 0 Å². The molecule has 1 aliphatic rings. The summed E-state index contributed by atoms with van der Waals surface area (Å²) >= 11 is 1.42. The second-order valence-corrected chi connectivity index (χ2v) is 9.35. The average molecular weight is 496 g/mol. The van der Waals surface area contributed by atoms with Crippen LogP contribution in [0.4, 0.5) is 11.4 Å². The molecule has 2 N–H and O–H groups in total. The van der Waals surface area contributed by atoms with E-state index in [-0.39, 0.29) is 11.7 Å². The molecule has 1 saturated carbocycles. The van der Waals surface area contributed by atoms with Gasteiger partial charge in [-0.05, 0) is 44.0 Å². The number of hydrogen-bond acceptors (Lipinski definition) is 7. The van der Waals surface area contributed by atoms with Crippen LogP contribution in [0.1, 0.15) is 50.9 Å². The third kappa shape index (κ3) is 6.69. The van der Waals surface area contributed by atoms with Gasteiger partial charge in [0.1, 0.15) is 11.5 Å². The number of nitrogens with one attached hydrogen (secondary N) is 2. The van der Waals surface area contributed by atoms with E-state index < -0.39 is 0 Å². The number of nitrogens with zero attached hydrogens (tertiary/aromatic N) is 3. The number of carbonyl (C=O) groups is 1. The summed E-state index contributed by atoms with van der Waals surface area (Å²) in [4.78, 5) is 12.7. The molecule has 8 nitrogen and oxygen atoms in total. The number of rotatable bonds is 11. The first-order valence-electron chi connectivity index (χ1n) is 12.1. The molecular weight excluding hydrogens is 462 g/mol. The van der Waals surface area contributed by atoms with Gasteiger partial charge in [0.05, 0.1) is 31.7 Å². The minimum absolute atomic E-state index is 0.101. The highest BCUT2D eigenvalue weighted by Crippen LogP contribution is 2.33. The molecular formula is C26H33N5O3S. The van der Waals surface area contributed by atoms with E-state index in [4.69, 9.17) is 9.47 Å². The van der Waals surface area contributed by atoms with Crippen molar-refractivity contribution in [1.82, 2.24) is 14.8 Å². The summed E-state index contributed by atoms with van der Waals surface area (Å²) in [6.07, 6.45) is 5.87. The molecule has 0 aliphatic heterocycles. The van der Waals surface area contributed by atoms with Crippen molar-refractivity contribution in [3.8, 4) is 11.5 Å². The molecule has 1 aromatic heterocycles. The Kier molecular flexibility index (Phi) is 8.89. The summed E-state index contributed by atoms with van der Waals surface area (Å²) < 4.78 is 13.2. The predicted octanol–water partition coefficient (Wildman–Crippen LogP) is 5.53. The van der Waals surface area contributed by atoms with Crippen LogP contribution in [0.2, 0.25) is 0 Å². The van der Waals surface area contributed by atoms with Crippen molar-refractivity contribution < 1.29 is 14.3 Å². The van der Waals surface area contributed by atoms with E-state index in [9.17, 15) is 4.79 Å². The van der Waals surface area contributed by atoms with Crippen molar-refractivity contribution in [2.45, 2.75) is 56.8 Å². The van der Waals surface area contributed by atoms with Gasteiger partial charge in [0.25, 0.3) is 0 Å². The van der Waals surface area contributed by atoms with Gasteiger partial charge in [0.2, 0.25) is 5.91 Å². The molecule has 1 amide bonds. The highest BCUT2D eigenvalue weighted by molar-refractivity contribution is 7.99. The summed E-state index contributed by atoms with van der Waals surface area (Å²) in [5, 5.41) is 16.2. The molecule has 0 bridgehead atoms. The zero-order chi connectivity index (χ0) is 24.5. The van der Waals surface area contributed by atoms with Gasteiger partial charge in [-0.1, -0.05) is 49.2 Å². The lowest BCUT2D eigenvalue weighted by molar-refractivity contribution is -0.113. The molecule has 0 atom stereocenters. The normalized spacial score (nSPS) is 13.9. The zero-order valence-electron chi connectivity index (χ0n) is 20.3. The first-order valence-corrected chi connectivity index (χ1v) is 13.1. The Balaban J connectivity index is 1.45. The van der Waals surface area contributed by atoms with Gasteiger partial charge in [0.15, 0.2) is 11.0 Å². The molecule has 1 aliphatic carbocycles. The zero-order valence-corrected chi connectivity index (χ0v) is 21.1. The largest absolute Gasteiger partial charge is 0.497 e. The number of anilines is 2. The summed E-state index contributed by atoms with van der Waals surface area (Å²) in [7, 11) is 1.66. The van der Waals surface area contributed by atoms with Crippen molar-refractivity contribution in [1.29, 1.82) is 0 Å². The summed E-state index contributed by atoms with van der Waals surface area (Å²) in [6.45, 7) is 3.01. The standard InChI is InChI=1S/C26H33N5O3S/c1-3-34-23-15-8-7-14-22(23)28-25(32)18-35-26-30-29-24(31(26)20-11-5-4-6-12-20)17-27-19-10-9-13-21(16-19)33-2/h7-10,13-16,20,27H,3-6,11-12,17-18H2,1-2H3,(H,28,32). The summed E-state index contributed by atoms with van der Waals surface area (Å²) in [6, 6.07) is 15.7. The van der Waals surface area contributed by atoms with Crippen molar-refractivity contribution in [3.05, 3.63) is 54.4 Å². The number of aromatic nitrogens is 3. The number of ether oxygens (including phenoxy) is 2. The highest BCUT2D eigenvalue weighted by atomic mass is 32.2. The van der Waals surface area contributed by atoms with E-state index >= 15 is 0 Å². The highest BCUT2D eigenvalue weighted by Gasteiger charge is 2.23. The third-order valence-electron chi connectivity index (χ3n) is 5.99. The van der Waals surface area contributed by atoms with Crippen LogP contribution in [0.3, 0.4) is 0 Å². The fourth-order valence-corrected chi connectivity index (χ4v) is 5.14. The molecule has 3 aromatic rings. The Labute approximate surface area is 210 Å². The number of methoxy groups -OCH3 is 1. The number of amides is 1. The maximum absolute atomic E-state index is 12.7. The van der Waals surface area contributed by atoms with Gasteiger partial charge in [-0.15, -0.1) is 10.2 Å². The summed E-state index contributed by atoms with van der Waals surface area (Å²) in [5.41, 5.74) is 1.64. The van der Waals surface area contributed by atoms with E-state index in [1.54, 1.807) is 7.11 Å². The van der Waals surface area contributed by atoms with Gasteiger partial charge >= 0.3 is 0 Å². The van der Waals surface area contributed by atoms with Crippen LogP contribution in [-0.4, -0.2) is 40.1 Å². The van der Waals surface area contributed by atoms with Crippen molar-refractivity contribution in [2.75, 3.05) is 30.1 Å². The first-order chi connectivity index (χ1) is 17.2. The second-order valence-electron chi connectivity index (χ2n) is 8.41. The molecule has 1 fully saturated rings. The molecule has 0 unspecified atom stereocenters. The molecule has 2 aromatic carbocycles. The number of para-hydroxylation sites is 2. The number of carbonyl (C=O) groups excluding carboxylic acids is 1. The van der Waals surface area contributed by atoms with E-state index in [2.05, 4.69) is 25.4 Å². The molecule has 1 heterocycles. The Morgan fingerprint density at radius 3 is 2.74 bits per heavy atom. The van der Waals surface area contributed by atoms with Crippen LogP contribution in [0.5, 0.6) is 11.5 Å². The van der Waals surface area contributed by atoms with E-state index in [0.717, 1.165) is 35.3 Å². The monoisotopic (exact) mass is 495 g/mol. The fourth-order valence-electron chi connectivity index (χ4n) is 4.31. The van der Waals surface area contributed by atoms with Crippen LogP contribution in [0.15, 0.2) is 53.7 Å². The molecule has 0 radical (unpaired) electrons. The van der Waals surface area contributed by atoms with Gasteiger partial charge < -0.3 is 24.7 Å². The minimum atomic E-state index is -0.101. The Bertz CT molecular complexity index is 1110. The average Bonchev–Trinajstić information content (AvgIpc) is 3.31. The molecule has 0 saturated heterocycles. The maximum Gasteiger partial charge on any atom is 0.234 e. The first kappa shape index (κ1) is 24.9. The lowest BCUT2D eigenvalue weighted by Crippen LogP contribution is -2.19. The van der Waals surface area contributed by atoms with Crippen molar-refractivity contribution in [2.24, 2.45) is 0 Å². The Morgan fingerprint density at radius 2 is 1.94 bits per heavy atom. The molecule has 4 rings (SSSR count). The minimum Gasteiger partial charge on any atom is -0.497 e. The predicted molar refractivity (Wildman–Crippen MR) is 139 cm³/mol. The van der Waals surface area contributed by atoms with Crippen LogP contribution >= 0.6 is 11.8 Å². The van der Waals surface area contributed by atoms with Crippen LogP contribution < -0.4 is 20.1 Å². The smallest absolute Gasteiger partial charge is 0.234 e. The molecule has 9 heteroatoms. The lowest BCUT2D eigenvalue weighted by Gasteiger charge is -2.25. The number of benzene rings is 2. The quantitative estimate of drug-likeness (QED) is 0.338. The van der Waals surface area contributed by atoms with Crippen LogP contribution in [0.25, 0.3) is 0 Å². The van der Waals surface area contributed by atoms with Gasteiger partial charge in [-0.3, -0.25) is 4.79 Å². The number of hydrogen-bond donors (Lipinski definition) is 2. The summed E-state index contributed by atoms with van der Waals surface area (Å²) in [5.74, 6) is 2.50.